The van der Waals surface area contributed by atoms with Crippen molar-refractivity contribution in [2.75, 3.05) is 60.6 Å². The van der Waals surface area contributed by atoms with Gasteiger partial charge in [-0.2, -0.15) is 0 Å². The van der Waals surface area contributed by atoms with Crippen LogP contribution in [0.2, 0.25) is 0 Å². The number of para-hydroxylation sites is 1. The Labute approximate surface area is 205 Å². The van der Waals surface area contributed by atoms with Gasteiger partial charge >= 0.3 is 0 Å². The standard InChI is InChI=1S/C27H32N6O2/c1-19-5-4-11-28-25(19)31-12-8-20(9-13-31)26(34)33-14-10-22-24(21-6-2-3-7-23(21)33)30-27(29-22)32-15-17-35-18-16-32/h2-7,11,20H,8-10,12-18H2,1H3,(H,29,30). The molecule has 1 amide bonds. The van der Waals surface area contributed by atoms with Crippen LogP contribution < -0.4 is 14.7 Å². The lowest BCUT2D eigenvalue weighted by Gasteiger charge is -2.35. The zero-order valence-electron chi connectivity index (χ0n) is 20.2. The second-order valence-electron chi connectivity index (χ2n) is 9.64. The maximum atomic E-state index is 13.8. The molecule has 6 rings (SSSR count). The number of hydrogen-bond acceptors (Lipinski definition) is 6. The van der Waals surface area contributed by atoms with Gasteiger partial charge < -0.3 is 24.4 Å². The fourth-order valence-corrected chi connectivity index (χ4v) is 5.58. The molecule has 0 atom stereocenters. The third-order valence-corrected chi connectivity index (χ3v) is 7.50. The molecule has 0 saturated carbocycles. The first-order chi connectivity index (χ1) is 17.2. The quantitative estimate of drug-likeness (QED) is 0.630. The molecule has 2 fully saturated rings. The first-order valence-corrected chi connectivity index (χ1v) is 12.7. The molecule has 3 aliphatic rings. The van der Waals surface area contributed by atoms with Gasteiger partial charge in [-0.15, -0.1) is 0 Å². The van der Waals surface area contributed by atoms with Crippen LogP contribution in [-0.4, -0.2) is 66.8 Å². The molecular formula is C27H32N6O2. The SMILES string of the molecule is Cc1cccnc1N1CCC(C(=O)N2CCc3nc(N4CCOCC4)[nH]c3-c3ccccc32)CC1. The topological polar surface area (TPSA) is 77.6 Å². The number of aromatic nitrogens is 3. The van der Waals surface area contributed by atoms with Crippen LogP contribution in [0.5, 0.6) is 0 Å². The summed E-state index contributed by atoms with van der Waals surface area (Å²) in [7, 11) is 0. The summed E-state index contributed by atoms with van der Waals surface area (Å²) in [4.78, 5) is 33.5. The number of nitrogens with one attached hydrogen (secondary N) is 1. The van der Waals surface area contributed by atoms with Crippen molar-refractivity contribution >= 4 is 23.4 Å². The van der Waals surface area contributed by atoms with Crippen LogP contribution in [-0.2, 0) is 16.0 Å². The van der Waals surface area contributed by atoms with Crippen molar-refractivity contribution in [3.8, 4) is 11.3 Å². The number of H-pyrrole nitrogens is 1. The summed E-state index contributed by atoms with van der Waals surface area (Å²) in [6.45, 7) is 7.59. The number of nitrogens with zero attached hydrogens (tertiary/aromatic N) is 5. The van der Waals surface area contributed by atoms with E-state index < -0.39 is 0 Å². The predicted molar refractivity (Wildman–Crippen MR) is 137 cm³/mol. The number of fused-ring (bicyclic) bond motifs is 3. The van der Waals surface area contributed by atoms with E-state index in [4.69, 9.17) is 9.72 Å². The summed E-state index contributed by atoms with van der Waals surface area (Å²) in [6.07, 6.45) is 4.28. The summed E-state index contributed by atoms with van der Waals surface area (Å²) in [5, 5.41) is 0. The zero-order chi connectivity index (χ0) is 23.8. The van der Waals surface area contributed by atoms with E-state index in [0.717, 1.165) is 93.1 Å². The maximum absolute atomic E-state index is 13.8. The highest BCUT2D eigenvalue weighted by Gasteiger charge is 2.33. The summed E-state index contributed by atoms with van der Waals surface area (Å²) in [5.74, 6) is 2.20. The Morgan fingerprint density at radius 3 is 2.60 bits per heavy atom. The molecular weight excluding hydrogens is 440 g/mol. The number of carbonyl (C=O) groups is 1. The molecule has 0 radical (unpaired) electrons. The third-order valence-electron chi connectivity index (χ3n) is 7.50. The molecule has 3 aliphatic heterocycles. The molecule has 0 aliphatic carbocycles. The number of anilines is 3. The predicted octanol–water partition coefficient (Wildman–Crippen LogP) is 3.42. The van der Waals surface area contributed by atoms with E-state index in [2.05, 4.69) is 44.9 Å². The van der Waals surface area contributed by atoms with Crippen molar-refractivity contribution in [1.29, 1.82) is 0 Å². The summed E-state index contributed by atoms with van der Waals surface area (Å²) in [5.41, 5.74) is 5.30. The maximum Gasteiger partial charge on any atom is 0.230 e. The molecule has 2 aromatic heterocycles. The Morgan fingerprint density at radius 2 is 1.80 bits per heavy atom. The van der Waals surface area contributed by atoms with Crippen molar-refractivity contribution in [3.63, 3.8) is 0 Å². The minimum absolute atomic E-state index is 0.0247. The smallest absolute Gasteiger partial charge is 0.230 e. The average molecular weight is 473 g/mol. The fraction of sp³-hybridized carbons (Fsp3) is 0.444. The largest absolute Gasteiger partial charge is 0.378 e. The van der Waals surface area contributed by atoms with Crippen LogP contribution in [0.4, 0.5) is 17.5 Å². The Morgan fingerprint density at radius 1 is 1.00 bits per heavy atom. The van der Waals surface area contributed by atoms with Gasteiger partial charge in [-0.3, -0.25) is 4.79 Å². The number of pyridine rings is 1. The number of rotatable bonds is 3. The number of aryl methyl sites for hydroxylation is 1. The summed E-state index contributed by atoms with van der Waals surface area (Å²) >= 11 is 0. The Hall–Kier alpha value is -3.39. The monoisotopic (exact) mass is 472 g/mol. The van der Waals surface area contributed by atoms with Crippen LogP contribution in [0.1, 0.15) is 24.1 Å². The molecule has 5 heterocycles. The van der Waals surface area contributed by atoms with E-state index in [1.165, 1.54) is 5.56 Å². The van der Waals surface area contributed by atoms with E-state index in [9.17, 15) is 4.79 Å². The third kappa shape index (κ3) is 4.16. The minimum Gasteiger partial charge on any atom is -0.378 e. The summed E-state index contributed by atoms with van der Waals surface area (Å²) < 4.78 is 5.50. The number of hydrogen-bond donors (Lipinski definition) is 1. The molecule has 1 N–H and O–H groups in total. The lowest BCUT2D eigenvalue weighted by Crippen LogP contribution is -2.43. The Bertz CT molecular complexity index is 1210. The highest BCUT2D eigenvalue weighted by molar-refractivity contribution is 5.99. The van der Waals surface area contributed by atoms with E-state index in [1.54, 1.807) is 0 Å². The number of morpholine rings is 1. The van der Waals surface area contributed by atoms with Crippen LogP contribution in [0.15, 0.2) is 42.6 Å². The lowest BCUT2D eigenvalue weighted by atomic mass is 9.94. The van der Waals surface area contributed by atoms with Crippen molar-refractivity contribution in [1.82, 2.24) is 15.0 Å². The first-order valence-electron chi connectivity index (χ1n) is 12.7. The van der Waals surface area contributed by atoms with Crippen LogP contribution in [0.3, 0.4) is 0 Å². The molecule has 0 unspecified atom stereocenters. The number of amides is 1. The number of piperidine rings is 1. The van der Waals surface area contributed by atoms with Gasteiger partial charge in [-0.1, -0.05) is 24.3 Å². The van der Waals surface area contributed by atoms with Gasteiger partial charge in [-0.05, 0) is 37.5 Å². The molecule has 1 aromatic carbocycles. The average Bonchev–Trinajstić information content (AvgIpc) is 3.27. The molecule has 3 aromatic rings. The first kappa shape index (κ1) is 22.1. The Balaban J connectivity index is 1.22. The van der Waals surface area contributed by atoms with Crippen molar-refractivity contribution < 1.29 is 9.53 Å². The van der Waals surface area contributed by atoms with E-state index in [0.29, 0.717) is 6.54 Å². The number of ether oxygens (including phenoxy) is 1. The number of aromatic amines is 1. The van der Waals surface area contributed by atoms with E-state index in [-0.39, 0.29) is 11.8 Å². The van der Waals surface area contributed by atoms with Gasteiger partial charge in [0.1, 0.15) is 5.82 Å². The molecule has 182 valence electrons. The van der Waals surface area contributed by atoms with Gasteiger partial charge in [-0.25, -0.2) is 9.97 Å². The van der Waals surface area contributed by atoms with E-state index in [1.807, 2.05) is 29.3 Å². The van der Waals surface area contributed by atoms with Crippen LogP contribution >= 0.6 is 0 Å². The lowest BCUT2D eigenvalue weighted by molar-refractivity contribution is -0.123. The van der Waals surface area contributed by atoms with Gasteiger partial charge in [0.25, 0.3) is 0 Å². The highest BCUT2D eigenvalue weighted by atomic mass is 16.5. The molecule has 35 heavy (non-hydrogen) atoms. The van der Waals surface area contributed by atoms with Gasteiger partial charge in [0, 0.05) is 56.8 Å². The van der Waals surface area contributed by atoms with Gasteiger partial charge in [0.15, 0.2) is 0 Å². The van der Waals surface area contributed by atoms with Crippen molar-refractivity contribution in [3.05, 3.63) is 53.9 Å². The number of benzene rings is 1. The molecule has 2 saturated heterocycles. The fourth-order valence-electron chi connectivity index (χ4n) is 5.58. The molecule has 0 spiro atoms. The van der Waals surface area contributed by atoms with Crippen molar-refractivity contribution in [2.45, 2.75) is 26.2 Å². The van der Waals surface area contributed by atoms with Crippen LogP contribution in [0, 0.1) is 12.8 Å². The number of imidazole rings is 1. The molecule has 8 nitrogen and oxygen atoms in total. The zero-order valence-corrected chi connectivity index (χ0v) is 20.2. The normalized spacial score (nSPS) is 18.7. The highest BCUT2D eigenvalue weighted by Crippen LogP contribution is 2.38. The Kier molecular flexibility index (Phi) is 5.90. The minimum atomic E-state index is 0.0247. The molecule has 0 bridgehead atoms. The van der Waals surface area contributed by atoms with Gasteiger partial charge in [0.2, 0.25) is 11.9 Å². The second-order valence-corrected chi connectivity index (χ2v) is 9.64. The second kappa shape index (κ2) is 9.34. The van der Waals surface area contributed by atoms with E-state index >= 15 is 0 Å². The molecule has 8 heteroatoms. The van der Waals surface area contributed by atoms with Gasteiger partial charge in [0.05, 0.1) is 30.3 Å². The summed E-state index contributed by atoms with van der Waals surface area (Å²) in [6, 6.07) is 12.3. The van der Waals surface area contributed by atoms with Crippen LogP contribution in [0.25, 0.3) is 11.3 Å². The number of carbonyl (C=O) groups excluding carboxylic acids is 1. The van der Waals surface area contributed by atoms with Crippen molar-refractivity contribution in [2.24, 2.45) is 5.92 Å².